The van der Waals surface area contributed by atoms with E-state index in [9.17, 15) is 18.3 Å². The molecule has 0 aromatic heterocycles. The van der Waals surface area contributed by atoms with Crippen molar-refractivity contribution in [3.05, 3.63) is 101 Å². The average Bonchev–Trinajstić information content (AvgIpc) is 2.88. The summed E-state index contributed by atoms with van der Waals surface area (Å²) in [5, 5.41) is 17.1. The van der Waals surface area contributed by atoms with Gasteiger partial charge in [-0.25, -0.2) is 13.2 Å². The Balaban J connectivity index is 1.26. The maximum absolute atomic E-state index is 13.5. The van der Waals surface area contributed by atoms with Gasteiger partial charge in [0.05, 0.1) is 6.10 Å². The first-order valence-corrected chi connectivity index (χ1v) is 12.6. The van der Waals surface area contributed by atoms with E-state index in [0.29, 0.717) is 13.0 Å². The van der Waals surface area contributed by atoms with Gasteiger partial charge in [0.15, 0.2) is 0 Å². The van der Waals surface area contributed by atoms with Crippen molar-refractivity contribution in [2.24, 2.45) is 0 Å². The van der Waals surface area contributed by atoms with Crippen LogP contribution in [0.2, 0.25) is 0 Å². The molecule has 4 nitrogen and oxygen atoms in total. The van der Waals surface area contributed by atoms with Gasteiger partial charge >= 0.3 is 0 Å². The Morgan fingerprint density at radius 3 is 2.00 bits per heavy atom. The summed E-state index contributed by atoms with van der Waals surface area (Å²) >= 11 is 0. The predicted molar refractivity (Wildman–Crippen MR) is 138 cm³/mol. The molecular formula is C29H34F3N3O. The lowest BCUT2D eigenvalue weighted by molar-refractivity contribution is 0.126. The molecule has 2 atom stereocenters. The van der Waals surface area contributed by atoms with Gasteiger partial charge in [-0.3, -0.25) is 0 Å². The fourth-order valence-corrected chi connectivity index (χ4v) is 4.91. The Bertz CT molecular complexity index is 1020. The predicted octanol–water partition coefficient (Wildman–Crippen LogP) is 5.15. The first-order chi connectivity index (χ1) is 17.5. The summed E-state index contributed by atoms with van der Waals surface area (Å²) in [7, 11) is 0. The van der Waals surface area contributed by atoms with Crippen LogP contribution in [0.1, 0.15) is 36.3 Å². The number of anilines is 1. The molecule has 4 rings (SSSR count). The molecule has 0 saturated carbocycles. The van der Waals surface area contributed by atoms with E-state index in [1.807, 2.05) is 24.3 Å². The van der Waals surface area contributed by atoms with E-state index in [4.69, 9.17) is 0 Å². The molecule has 1 aliphatic heterocycles. The summed E-state index contributed by atoms with van der Waals surface area (Å²) in [6.45, 7) is 3.98. The molecule has 0 bridgehead atoms. The third-order valence-electron chi connectivity index (χ3n) is 6.79. The van der Waals surface area contributed by atoms with Gasteiger partial charge in [0, 0.05) is 43.8 Å². The van der Waals surface area contributed by atoms with Gasteiger partial charge in [-0.15, -0.1) is 0 Å². The third-order valence-corrected chi connectivity index (χ3v) is 6.79. The van der Waals surface area contributed by atoms with E-state index >= 15 is 0 Å². The van der Waals surface area contributed by atoms with Crippen molar-refractivity contribution in [1.29, 1.82) is 0 Å². The highest BCUT2D eigenvalue weighted by atomic mass is 19.1. The van der Waals surface area contributed by atoms with Crippen molar-refractivity contribution in [2.45, 2.75) is 37.3 Å². The molecule has 1 aliphatic rings. The Morgan fingerprint density at radius 2 is 1.42 bits per heavy atom. The largest absolute Gasteiger partial charge is 0.391 e. The van der Waals surface area contributed by atoms with E-state index in [2.05, 4.69) is 15.5 Å². The third kappa shape index (κ3) is 7.82. The van der Waals surface area contributed by atoms with Crippen LogP contribution < -0.4 is 10.6 Å². The van der Waals surface area contributed by atoms with Gasteiger partial charge in [0.25, 0.3) is 0 Å². The number of aliphatic hydroxyl groups excluding tert-OH is 1. The van der Waals surface area contributed by atoms with Crippen molar-refractivity contribution >= 4 is 5.69 Å². The van der Waals surface area contributed by atoms with Crippen molar-refractivity contribution < 1.29 is 18.3 Å². The van der Waals surface area contributed by atoms with Crippen LogP contribution >= 0.6 is 0 Å². The molecule has 2 unspecified atom stereocenters. The smallest absolute Gasteiger partial charge is 0.123 e. The van der Waals surface area contributed by atoms with Crippen LogP contribution in [0.4, 0.5) is 18.9 Å². The van der Waals surface area contributed by atoms with Crippen LogP contribution in [0.25, 0.3) is 0 Å². The molecule has 0 radical (unpaired) electrons. The minimum atomic E-state index is -0.520. The molecule has 1 fully saturated rings. The van der Waals surface area contributed by atoms with Crippen LogP contribution in [0.15, 0.2) is 72.8 Å². The van der Waals surface area contributed by atoms with Crippen molar-refractivity contribution in [1.82, 2.24) is 10.2 Å². The Morgan fingerprint density at radius 1 is 0.861 bits per heavy atom. The summed E-state index contributed by atoms with van der Waals surface area (Å²) in [6, 6.07) is 19.4. The highest BCUT2D eigenvalue weighted by Crippen LogP contribution is 2.30. The Labute approximate surface area is 211 Å². The zero-order valence-electron chi connectivity index (χ0n) is 20.3. The maximum Gasteiger partial charge on any atom is 0.123 e. The first kappa shape index (κ1) is 26.2. The lowest BCUT2D eigenvalue weighted by Crippen LogP contribution is -2.52. The topological polar surface area (TPSA) is 47.5 Å². The van der Waals surface area contributed by atoms with Crippen molar-refractivity contribution in [3.8, 4) is 0 Å². The first-order valence-electron chi connectivity index (χ1n) is 12.6. The molecule has 3 aromatic rings. The highest BCUT2D eigenvalue weighted by Gasteiger charge is 2.22. The monoisotopic (exact) mass is 497 g/mol. The van der Waals surface area contributed by atoms with Crippen LogP contribution in [-0.4, -0.2) is 54.9 Å². The molecule has 1 heterocycles. The number of rotatable bonds is 11. The summed E-state index contributed by atoms with van der Waals surface area (Å²) < 4.78 is 40.0. The van der Waals surface area contributed by atoms with E-state index in [-0.39, 0.29) is 29.4 Å². The van der Waals surface area contributed by atoms with Gasteiger partial charge in [-0.05, 0) is 85.5 Å². The van der Waals surface area contributed by atoms with Crippen LogP contribution in [-0.2, 0) is 0 Å². The fourth-order valence-electron chi connectivity index (χ4n) is 4.91. The van der Waals surface area contributed by atoms with Crippen LogP contribution in [0.3, 0.4) is 0 Å². The molecule has 0 aliphatic carbocycles. The Hall–Kier alpha value is -2.87. The number of hydrogen-bond acceptors (Lipinski definition) is 4. The summed E-state index contributed by atoms with van der Waals surface area (Å²) in [6.07, 6.45) is 1.92. The second-order valence-corrected chi connectivity index (χ2v) is 9.53. The number of halogens is 3. The fraction of sp³-hybridized carbons (Fsp3) is 0.379. The zero-order chi connectivity index (χ0) is 25.3. The van der Waals surface area contributed by atoms with E-state index < -0.39 is 6.10 Å². The molecule has 0 spiro atoms. The van der Waals surface area contributed by atoms with Gasteiger partial charge in [-0.2, -0.15) is 0 Å². The molecule has 0 amide bonds. The molecule has 3 aromatic carbocycles. The molecule has 1 saturated heterocycles. The second kappa shape index (κ2) is 12.9. The normalized spacial score (nSPS) is 17.3. The van der Waals surface area contributed by atoms with E-state index in [1.165, 1.54) is 36.4 Å². The lowest BCUT2D eigenvalue weighted by atomic mass is 9.87. The van der Waals surface area contributed by atoms with E-state index in [0.717, 1.165) is 55.8 Å². The van der Waals surface area contributed by atoms with Crippen LogP contribution in [0.5, 0.6) is 0 Å². The maximum atomic E-state index is 13.5. The van der Waals surface area contributed by atoms with E-state index in [1.54, 1.807) is 12.1 Å². The molecular weight excluding hydrogens is 463 g/mol. The standard InChI is InChI=1S/C29H34F3N3O/c30-23-7-3-21(4-8-23)29(22-5-9-24(31)10-6-22)2-1-16-35-17-15-33-27(20-35)18-28(36)19-34-26-13-11-25(32)12-14-26/h3-14,27-29,33-34,36H,1-2,15-20H2. The molecule has 7 heteroatoms. The number of benzene rings is 3. The number of hydrogen-bond donors (Lipinski definition) is 3. The summed E-state index contributed by atoms with van der Waals surface area (Å²) in [5.41, 5.74) is 2.83. The average molecular weight is 498 g/mol. The number of aliphatic hydroxyl groups is 1. The van der Waals surface area contributed by atoms with Gasteiger partial charge < -0.3 is 20.6 Å². The number of nitrogens with zero attached hydrogens (tertiary/aromatic N) is 1. The molecule has 3 N–H and O–H groups in total. The van der Waals surface area contributed by atoms with Crippen LogP contribution in [0, 0.1) is 17.5 Å². The number of nitrogens with one attached hydrogen (secondary N) is 2. The van der Waals surface area contributed by atoms with Crippen molar-refractivity contribution in [3.63, 3.8) is 0 Å². The minimum Gasteiger partial charge on any atom is -0.391 e. The minimum absolute atomic E-state index is 0.0734. The van der Waals surface area contributed by atoms with Gasteiger partial charge in [-0.1, -0.05) is 24.3 Å². The molecule has 36 heavy (non-hydrogen) atoms. The zero-order valence-corrected chi connectivity index (χ0v) is 20.3. The summed E-state index contributed by atoms with van der Waals surface area (Å²) in [4.78, 5) is 2.41. The Kier molecular flexibility index (Phi) is 9.39. The highest BCUT2D eigenvalue weighted by molar-refractivity contribution is 5.42. The molecule has 192 valence electrons. The second-order valence-electron chi connectivity index (χ2n) is 9.53. The van der Waals surface area contributed by atoms with Gasteiger partial charge in [0.1, 0.15) is 17.5 Å². The van der Waals surface area contributed by atoms with Gasteiger partial charge in [0.2, 0.25) is 0 Å². The SMILES string of the molecule is OC(CNc1ccc(F)cc1)CC1CN(CCCC(c2ccc(F)cc2)c2ccc(F)cc2)CCN1. The number of piperazine rings is 1. The van der Waals surface area contributed by atoms with Crippen molar-refractivity contribution in [2.75, 3.05) is 38.0 Å². The lowest BCUT2D eigenvalue weighted by Gasteiger charge is -2.35. The quantitative estimate of drug-likeness (QED) is 0.343. The summed E-state index contributed by atoms with van der Waals surface area (Å²) in [5.74, 6) is -0.740.